The van der Waals surface area contributed by atoms with Crippen LogP contribution in [0.4, 0.5) is 5.82 Å². The SMILES string of the molecule is N#Cc1nccnc1N1CCCCCC1. The summed E-state index contributed by atoms with van der Waals surface area (Å²) in [7, 11) is 0. The molecule has 2 rings (SSSR count). The van der Waals surface area contributed by atoms with Gasteiger partial charge in [0.1, 0.15) is 6.07 Å². The Morgan fingerprint density at radius 1 is 1.07 bits per heavy atom. The second-order valence-corrected chi connectivity index (χ2v) is 3.74. The normalized spacial score (nSPS) is 16.9. The van der Waals surface area contributed by atoms with Gasteiger partial charge in [0, 0.05) is 25.5 Å². The molecule has 0 spiro atoms. The molecule has 0 amide bonds. The lowest BCUT2D eigenvalue weighted by Gasteiger charge is -2.21. The molecular weight excluding hydrogens is 188 g/mol. The van der Waals surface area contributed by atoms with Gasteiger partial charge in [0.25, 0.3) is 0 Å². The van der Waals surface area contributed by atoms with E-state index < -0.39 is 0 Å². The molecule has 0 bridgehead atoms. The predicted octanol–water partition coefficient (Wildman–Crippen LogP) is 1.73. The Hall–Kier alpha value is -1.63. The second kappa shape index (κ2) is 4.74. The van der Waals surface area contributed by atoms with Crippen LogP contribution in [0.5, 0.6) is 0 Å². The Morgan fingerprint density at radius 2 is 1.73 bits per heavy atom. The molecule has 4 heteroatoms. The third-order valence-electron chi connectivity index (χ3n) is 2.69. The average molecular weight is 202 g/mol. The van der Waals surface area contributed by atoms with Gasteiger partial charge in [-0.1, -0.05) is 12.8 Å². The van der Waals surface area contributed by atoms with E-state index in [2.05, 4.69) is 20.9 Å². The number of rotatable bonds is 1. The van der Waals surface area contributed by atoms with Crippen LogP contribution in [0.2, 0.25) is 0 Å². The van der Waals surface area contributed by atoms with Gasteiger partial charge in [0.05, 0.1) is 0 Å². The highest BCUT2D eigenvalue weighted by Gasteiger charge is 2.14. The Labute approximate surface area is 89.6 Å². The summed E-state index contributed by atoms with van der Waals surface area (Å²) in [4.78, 5) is 10.5. The van der Waals surface area contributed by atoms with E-state index >= 15 is 0 Å². The standard InChI is InChI=1S/C11H14N4/c12-9-10-11(14-6-5-13-10)15-7-3-1-2-4-8-15/h5-6H,1-4,7-8H2. The van der Waals surface area contributed by atoms with Gasteiger partial charge in [-0.15, -0.1) is 0 Å². The molecule has 15 heavy (non-hydrogen) atoms. The summed E-state index contributed by atoms with van der Waals surface area (Å²) in [5.41, 5.74) is 0.444. The highest BCUT2D eigenvalue weighted by Crippen LogP contribution is 2.18. The van der Waals surface area contributed by atoms with Crippen LogP contribution in [-0.2, 0) is 0 Å². The van der Waals surface area contributed by atoms with Crippen molar-refractivity contribution in [1.82, 2.24) is 9.97 Å². The summed E-state index contributed by atoms with van der Waals surface area (Å²) in [6.45, 7) is 1.99. The molecule has 0 atom stereocenters. The van der Waals surface area contributed by atoms with Crippen molar-refractivity contribution in [3.8, 4) is 6.07 Å². The first-order valence-electron chi connectivity index (χ1n) is 5.38. The Kier molecular flexibility index (Phi) is 3.13. The minimum atomic E-state index is 0.444. The van der Waals surface area contributed by atoms with Crippen LogP contribution in [0.25, 0.3) is 0 Å². The average Bonchev–Trinajstić information content (AvgIpc) is 2.57. The third-order valence-corrected chi connectivity index (χ3v) is 2.69. The quantitative estimate of drug-likeness (QED) is 0.696. The van der Waals surface area contributed by atoms with Crippen molar-refractivity contribution in [2.75, 3.05) is 18.0 Å². The van der Waals surface area contributed by atoms with Gasteiger partial charge in [-0.3, -0.25) is 0 Å². The van der Waals surface area contributed by atoms with E-state index in [1.54, 1.807) is 12.4 Å². The molecule has 0 aliphatic carbocycles. The molecule has 0 radical (unpaired) electrons. The fourth-order valence-corrected chi connectivity index (χ4v) is 1.92. The molecule has 78 valence electrons. The van der Waals surface area contributed by atoms with E-state index in [0.717, 1.165) is 18.9 Å². The summed E-state index contributed by atoms with van der Waals surface area (Å²) < 4.78 is 0. The molecule has 1 aromatic heterocycles. The number of nitriles is 1. The Morgan fingerprint density at radius 3 is 2.40 bits per heavy atom. The fourth-order valence-electron chi connectivity index (χ4n) is 1.92. The molecule has 0 aromatic carbocycles. The van der Waals surface area contributed by atoms with Crippen LogP contribution in [0, 0.1) is 11.3 Å². The minimum absolute atomic E-state index is 0.444. The number of aromatic nitrogens is 2. The van der Waals surface area contributed by atoms with E-state index in [1.807, 2.05) is 0 Å². The lowest BCUT2D eigenvalue weighted by atomic mass is 10.2. The van der Waals surface area contributed by atoms with Gasteiger partial charge in [-0.25, -0.2) is 9.97 Å². The smallest absolute Gasteiger partial charge is 0.183 e. The number of anilines is 1. The van der Waals surface area contributed by atoms with Gasteiger partial charge in [-0.2, -0.15) is 5.26 Å². The van der Waals surface area contributed by atoms with Gasteiger partial charge >= 0.3 is 0 Å². The first-order valence-corrected chi connectivity index (χ1v) is 5.38. The van der Waals surface area contributed by atoms with Crippen molar-refractivity contribution in [3.05, 3.63) is 18.1 Å². The van der Waals surface area contributed by atoms with Crippen LogP contribution in [0.1, 0.15) is 31.4 Å². The highest BCUT2D eigenvalue weighted by molar-refractivity contribution is 5.49. The molecule has 1 aromatic rings. The lowest BCUT2D eigenvalue weighted by molar-refractivity contribution is 0.726. The van der Waals surface area contributed by atoms with Crippen molar-refractivity contribution >= 4 is 5.82 Å². The van der Waals surface area contributed by atoms with Gasteiger partial charge < -0.3 is 4.90 Å². The van der Waals surface area contributed by atoms with Crippen LogP contribution < -0.4 is 4.90 Å². The van der Waals surface area contributed by atoms with Crippen LogP contribution in [-0.4, -0.2) is 23.1 Å². The molecule has 1 fully saturated rings. The maximum Gasteiger partial charge on any atom is 0.183 e. The molecule has 2 heterocycles. The number of hydrogen-bond donors (Lipinski definition) is 0. The van der Waals surface area contributed by atoms with E-state index in [9.17, 15) is 0 Å². The zero-order valence-corrected chi connectivity index (χ0v) is 8.69. The molecule has 1 aliphatic heterocycles. The summed E-state index contributed by atoms with van der Waals surface area (Å²) >= 11 is 0. The van der Waals surface area contributed by atoms with Crippen LogP contribution in [0.15, 0.2) is 12.4 Å². The molecule has 4 nitrogen and oxygen atoms in total. The zero-order valence-electron chi connectivity index (χ0n) is 8.69. The summed E-state index contributed by atoms with van der Waals surface area (Å²) in [5.74, 6) is 0.752. The van der Waals surface area contributed by atoms with Crippen molar-refractivity contribution < 1.29 is 0 Å². The maximum atomic E-state index is 8.94. The van der Waals surface area contributed by atoms with E-state index in [-0.39, 0.29) is 0 Å². The maximum absolute atomic E-state index is 8.94. The summed E-state index contributed by atoms with van der Waals surface area (Å²) in [5, 5.41) is 8.94. The summed E-state index contributed by atoms with van der Waals surface area (Å²) in [6.07, 6.45) is 8.14. The number of nitrogens with zero attached hydrogens (tertiary/aromatic N) is 4. The summed E-state index contributed by atoms with van der Waals surface area (Å²) in [6, 6.07) is 2.10. The highest BCUT2D eigenvalue weighted by atomic mass is 15.2. The molecule has 1 aliphatic rings. The van der Waals surface area contributed by atoms with E-state index in [0.29, 0.717) is 5.69 Å². The van der Waals surface area contributed by atoms with Crippen LogP contribution in [0.3, 0.4) is 0 Å². The van der Waals surface area contributed by atoms with Crippen molar-refractivity contribution in [2.45, 2.75) is 25.7 Å². The zero-order chi connectivity index (χ0) is 10.5. The Bertz CT molecular complexity index is 361. The molecule has 1 saturated heterocycles. The monoisotopic (exact) mass is 202 g/mol. The molecule has 0 unspecified atom stereocenters. The topological polar surface area (TPSA) is 52.8 Å². The van der Waals surface area contributed by atoms with Gasteiger partial charge in [0.15, 0.2) is 11.5 Å². The van der Waals surface area contributed by atoms with Gasteiger partial charge in [-0.05, 0) is 12.8 Å². The van der Waals surface area contributed by atoms with Crippen molar-refractivity contribution in [2.24, 2.45) is 0 Å². The first kappa shape index (κ1) is 9.91. The Balaban J connectivity index is 2.23. The van der Waals surface area contributed by atoms with E-state index in [1.165, 1.54) is 25.7 Å². The van der Waals surface area contributed by atoms with Crippen molar-refractivity contribution in [1.29, 1.82) is 5.26 Å². The first-order chi connectivity index (χ1) is 7.42. The minimum Gasteiger partial charge on any atom is -0.354 e. The fraction of sp³-hybridized carbons (Fsp3) is 0.545. The molecule has 0 saturated carbocycles. The lowest BCUT2D eigenvalue weighted by Crippen LogP contribution is -2.26. The van der Waals surface area contributed by atoms with Gasteiger partial charge in [0.2, 0.25) is 0 Å². The van der Waals surface area contributed by atoms with E-state index in [4.69, 9.17) is 5.26 Å². The van der Waals surface area contributed by atoms with Crippen LogP contribution >= 0.6 is 0 Å². The molecular formula is C11H14N4. The third kappa shape index (κ3) is 2.24. The molecule has 0 N–H and O–H groups in total. The predicted molar refractivity (Wildman–Crippen MR) is 57.4 cm³/mol. The number of hydrogen-bond acceptors (Lipinski definition) is 4. The second-order valence-electron chi connectivity index (χ2n) is 3.74. The largest absolute Gasteiger partial charge is 0.354 e. The van der Waals surface area contributed by atoms with Crippen molar-refractivity contribution in [3.63, 3.8) is 0 Å².